The summed E-state index contributed by atoms with van der Waals surface area (Å²) in [5.41, 5.74) is 3.37. The molecule has 0 spiro atoms. The normalized spacial score (nSPS) is 28.2. The number of fused-ring (bicyclic) bond motifs is 1. The number of ether oxygens (including phenoxy) is 1. The zero-order valence-electron chi connectivity index (χ0n) is 25.7. The molecule has 1 N–H and O–H groups in total. The van der Waals surface area contributed by atoms with Crippen LogP contribution in [0.15, 0.2) is 34.9 Å². The Morgan fingerprint density at radius 1 is 1.21 bits per heavy atom. The number of carboxylic acids is 1. The molecule has 0 saturated carbocycles. The van der Waals surface area contributed by atoms with Crippen molar-refractivity contribution >= 4 is 5.97 Å². The van der Waals surface area contributed by atoms with E-state index in [9.17, 15) is 15.0 Å². The third kappa shape index (κ3) is 9.66. The van der Waals surface area contributed by atoms with Gasteiger partial charge in [0, 0.05) is 11.9 Å². The maximum atomic E-state index is 10.9. The van der Waals surface area contributed by atoms with Crippen LogP contribution in [0, 0.1) is 11.8 Å². The lowest BCUT2D eigenvalue weighted by Crippen LogP contribution is -2.53. The van der Waals surface area contributed by atoms with Gasteiger partial charge in [0.25, 0.3) is 0 Å². The van der Waals surface area contributed by atoms with Gasteiger partial charge < -0.3 is 19.7 Å². The second-order valence-electron chi connectivity index (χ2n) is 13.1. The fourth-order valence-electron chi connectivity index (χ4n) is 6.43. The molecular weight excluding hydrogens is 472 g/mol. The number of allylic oxidation sites excluding steroid dienone is 4. The smallest absolute Gasteiger partial charge is 0.0964 e. The van der Waals surface area contributed by atoms with Crippen molar-refractivity contribution in [3.63, 3.8) is 0 Å². The van der Waals surface area contributed by atoms with Gasteiger partial charge in [-0.2, -0.15) is 0 Å². The van der Waals surface area contributed by atoms with Gasteiger partial charge in [-0.25, -0.2) is 0 Å². The Balaban J connectivity index is 1.86. The van der Waals surface area contributed by atoms with Crippen molar-refractivity contribution in [3.8, 4) is 0 Å². The van der Waals surface area contributed by atoms with Crippen molar-refractivity contribution < 1.29 is 19.7 Å². The van der Waals surface area contributed by atoms with E-state index in [0.717, 1.165) is 44.9 Å². The van der Waals surface area contributed by atoms with Crippen molar-refractivity contribution in [2.45, 2.75) is 162 Å². The summed E-state index contributed by atoms with van der Waals surface area (Å²) in [6.45, 7) is 15.0. The first kappa shape index (κ1) is 32.8. The maximum absolute atomic E-state index is 10.9. The largest absolute Gasteiger partial charge is 0.550 e. The molecule has 1 heterocycles. The molecule has 0 aromatic carbocycles. The van der Waals surface area contributed by atoms with Crippen molar-refractivity contribution in [3.05, 3.63) is 34.9 Å². The molecule has 1 fully saturated rings. The van der Waals surface area contributed by atoms with Crippen LogP contribution in [0.25, 0.3) is 0 Å². The van der Waals surface area contributed by atoms with Crippen LogP contribution >= 0.6 is 0 Å². The molecule has 1 saturated heterocycles. The Hall–Kier alpha value is -1.39. The summed E-state index contributed by atoms with van der Waals surface area (Å²) < 4.78 is 7.20. The standard InChI is InChI=1S/C34H58O4/c1-8-9-10-11-24-34-29(5)27(3)18-19-30(34)20-25-33(7,38-34)23-13-16-26(2)15-12-21-32(6,37)22-14-17-28(4)31(35)36/h15,18-19,28-29,37H,8-14,16-17,20-25H2,1-7H3,(H,35,36)/p-1/b26-15+. The highest BCUT2D eigenvalue weighted by Crippen LogP contribution is 2.51. The molecule has 0 radical (unpaired) electrons. The molecule has 0 bridgehead atoms. The Labute approximate surface area is 234 Å². The highest BCUT2D eigenvalue weighted by Gasteiger charge is 2.50. The number of aliphatic carboxylic acids is 1. The molecule has 1 aliphatic carbocycles. The van der Waals surface area contributed by atoms with Crippen molar-refractivity contribution in [2.75, 3.05) is 0 Å². The predicted octanol–water partition coefficient (Wildman–Crippen LogP) is 7.99. The molecular formula is C34H57O4-. The third-order valence-electron chi connectivity index (χ3n) is 9.43. The van der Waals surface area contributed by atoms with Gasteiger partial charge in [0.1, 0.15) is 0 Å². The predicted molar refractivity (Wildman–Crippen MR) is 157 cm³/mol. The lowest BCUT2D eigenvalue weighted by Gasteiger charge is -2.53. The average molecular weight is 530 g/mol. The molecule has 4 nitrogen and oxygen atoms in total. The minimum atomic E-state index is -1.00. The number of carboxylic acid groups (broad SMARTS) is 1. The van der Waals surface area contributed by atoms with E-state index in [0.29, 0.717) is 31.6 Å². The molecule has 5 atom stereocenters. The number of rotatable bonds is 17. The van der Waals surface area contributed by atoms with Crippen LogP contribution in [0.5, 0.6) is 0 Å². The lowest BCUT2D eigenvalue weighted by molar-refractivity contribution is -0.311. The Kier molecular flexibility index (Phi) is 12.8. The van der Waals surface area contributed by atoms with E-state index < -0.39 is 17.5 Å². The van der Waals surface area contributed by atoms with Gasteiger partial charge >= 0.3 is 0 Å². The zero-order chi connectivity index (χ0) is 28.4. The summed E-state index contributed by atoms with van der Waals surface area (Å²) in [4.78, 5) is 10.9. The molecule has 218 valence electrons. The van der Waals surface area contributed by atoms with Crippen LogP contribution in [0.2, 0.25) is 0 Å². The minimum Gasteiger partial charge on any atom is -0.550 e. The van der Waals surface area contributed by atoms with E-state index in [4.69, 9.17) is 4.74 Å². The van der Waals surface area contributed by atoms with E-state index >= 15 is 0 Å². The third-order valence-corrected chi connectivity index (χ3v) is 9.43. The Morgan fingerprint density at radius 2 is 1.95 bits per heavy atom. The van der Waals surface area contributed by atoms with Crippen LogP contribution < -0.4 is 5.11 Å². The molecule has 0 aromatic heterocycles. The van der Waals surface area contributed by atoms with Crippen LogP contribution in [0.4, 0.5) is 0 Å². The van der Waals surface area contributed by atoms with Gasteiger partial charge in [-0.3, -0.25) is 0 Å². The highest BCUT2D eigenvalue weighted by atomic mass is 16.5. The number of hydrogen-bond acceptors (Lipinski definition) is 4. The van der Waals surface area contributed by atoms with Gasteiger partial charge in [0.2, 0.25) is 0 Å². The summed E-state index contributed by atoms with van der Waals surface area (Å²) in [5.74, 6) is -1.03. The summed E-state index contributed by atoms with van der Waals surface area (Å²) in [5, 5.41) is 21.6. The SMILES string of the molecule is CCCCCCC12OC(C)(CCC/C(C)=C/CCC(C)(O)CCCC(C)C(=O)[O-])CCC1=CC=C(C)C2C. The first-order chi connectivity index (χ1) is 17.8. The lowest BCUT2D eigenvalue weighted by atomic mass is 9.67. The molecule has 0 amide bonds. The van der Waals surface area contributed by atoms with E-state index in [-0.39, 0.29) is 11.2 Å². The fraction of sp³-hybridized carbons (Fsp3) is 0.794. The summed E-state index contributed by atoms with van der Waals surface area (Å²) >= 11 is 0. The number of carbonyl (C=O) groups excluding carboxylic acids is 1. The Morgan fingerprint density at radius 3 is 2.63 bits per heavy atom. The van der Waals surface area contributed by atoms with Crippen LogP contribution in [-0.4, -0.2) is 27.9 Å². The molecule has 0 aromatic rings. The summed E-state index contributed by atoms with van der Waals surface area (Å²) in [6, 6.07) is 0. The number of aliphatic hydroxyl groups is 1. The van der Waals surface area contributed by atoms with E-state index in [1.807, 2.05) is 6.92 Å². The van der Waals surface area contributed by atoms with Crippen LogP contribution in [0.1, 0.15) is 145 Å². The fourth-order valence-corrected chi connectivity index (χ4v) is 6.43. The minimum absolute atomic E-state index is 0.0828. The summed E-state index contributed by atoms with van der Waals surface area (Å²) in [6.07, 6.45) is 22.1. The average Bonchev–Trinajstić information content (AvgIpc) is 2.84. The van der Waals surface area contributed by atoms with Crippen molar-refractivity contribution in [1.82, 2.24) is 0 Å². The zero-order valence-corrected chi connectivity index (χ0v) is 25.7. The second kappa shape index (κ2) is 14.8. The van der Waals surface area contributed by atoms with Gasteiger partial charge in [-0.15, -0.1) is 0 Å². The Bertz CT molecular complexity index is 851. The molecule has 2 aliphatic rings. The van der Waals surface area contributed by atoms with Crippen molar-refractivity contribution in [2.24, 2.45) is 11.8 Å². The number of carbonyl (C=O) groups is 1. The molecule has 38 heavy (non-hydrogen) atoms. The van der Waals surface area contributed by atoms with Gasteiger partial charge in [0.05, 0.1) is 16.8 Å². The number of hydrogen-bond donors (Lipinski definition) is 1. The first-order valence-electron chi connectivity index (χ1n) is 15.5. The maximum Gasteiger partial charge on any atom is 0.0964 e. The monoisotopic (exact) mass is 529 g/mol. The first-order valence-corrected chi connectivity index (χ1v) is 15.5. The van der Waals surface area contributed by atoms with Crippen LogP contribution in [-0.2, 0) is 9.53 Å². The van der Waals surface area contributed by atoms with E-state index in [1.54, 1.807) is 6.92 Å². The number of unbranched alkanes of at least 4 members (excludes halogenated alkanes) is 3. The van der Waals surface area contributed by atoms with E-state index in [1.165, 1.54) is 42.4 Å². The topological polar surface area (TPSA) is 69.6 Å². The van der Waals surface area contributed by atoms with Crippen molar-refractivity contribution in [1.29, 1.82) is 0 Å². The molecule has 5 unspecified atom stereocenters. The summed E-state index contributed by atoms with van der Waals surface area (Å²) in [7, 11) is 0. The quantitative estimate of drug-likeness (QED) is 0.153. The van der Waals surface area contributed by atoms with Gasteiger partial charge in [-0.1, -0.05) is 75.8 Å². The van der Waals surface area contributed by atoms with Crippen LogP contribution in [0.3, 0.4) is 0 Å². The molecule has 2 rings (SSSR count). The molecule has 1 aliphatic heterocycles. The highest BCUT2D eigenvalue weighted by molar-refractivity contribution is 5.66. The van der Waals surface area contributed by atoms with E-state index in [2.05, 4.69) is 52.8 Å². The molecule has 4 heteroatoms. The van der Waals surface area contributed by atoms with Gasteiger partial charge in [0.15, 0.2) is 0 Å². The second-order valence-corrected chi connectivity index (χ2v) is 13.1. The van der Waals surface area contributed by atoms with Gasteiger partial charge in [-0.05, 0) is 110 Å².